The van der Waals surface area contributed by atoms with Gasteiger partial charge in [0.1, 0.15) is 11.9 Å². The van der Waals surface area contributed by atoms with Crippen LogP contribution in [0.5, 0.6) is 5.75 Å². The number of hydrogen-bond donors (Lipinski definition) is 1. The molecule has 0 radical (unpaired) electrons. The van der Waals surface area contributed by atoms with E-state index < -0.39 is 0 Å². The third-order valence-corrected chi connectivity index (χ3v) is 2.80. The molecule has 0 fully saturated rings. The molecular formula is C13H20BrNO. The van der Waals surface area contributed by atoms with Gasteiger partial charge < -0.3 is 10.1 Å². The second kappa shape index (κ2) is 6.92. The summed E-state index contributed by atoms with van der Waals surface area (Å²) in [4.78, 5) is 0. The van der Waals surface area contributed by atoms with E-state index in [9.17, 15) is 0 Å². The van der Waals surface area contributed by atoms with Crippen molar-refractivity contribution in [3.63, 3.8) is 0 Å². The topological polar surface area (TPSA) is 21.3 Å². The van der Waals surface area contributed by atoms with Crippen molar-refractivity contribution in [3.8, 4) is 5.75 Å². The van der Waals surface area contributed by atoms with Crippen molar-refractivity contribution in [3.05, 3.63) is 28.7 Å². The summed E-state index contributed by atoms with van der Waals surface area (Å²) >= 11 is 3.47. The lowest BCUT2D eigenvalue weighted by atomic mass is 10.2. The zero-order valence-corrected chi connectivity index (χ0v) is 11.8. The van der Waals surface area contributed by atoms with Crippen LogP contribution >= 0.6 is 15.9 Å². The highest BCUT2D eigenvalue weighted by molar-refractivity contribution is 9.10. The second-order valence-electron chi connectivity index (χ2n) is 4.41. The predicted octanol–water partition coefficient (Wildman–Crippen LogP) is 3.46. The SMILES string of the molecule is CC(C)CNCC(C)Oc1ccccc1Br. The van der Waals surface area contributed by atoms with E-state index in [0.29, 0.717) is 5.92 Å². The van der Waals surface area contributed by atoms with Gasteiger partial charge in [0.25, 0.3) is 0 Å². The zero-order chi connectivity index (χ0) is 12.0. The minimum atomic E-state index is 0.178. The first-order valence-electron chi connectivity index (χ1n) is 5.71. The Kier molecular flexibility index (Phi) is 5.85. The van der Waals surface area contributed by atoms with E-state index in [1.807, 2.05) is 24.3 Å². The van der Waals surface area contributed by atoms with Crippen LogP contribution in [0, 0.1) is 5.92 Å². The Morgan fingerprint density at radius 3 is 2.50 bits per heavy atom. The van der Waals surface area contributed by atoms with E-state index in [1.54, 1.807) is 0 Å². The van der Waals surface area contributed by atoms with Crippen molar-refractivity contribution in [1.29, 1.82) is 0 Å². The first-order chi connectivity index (χ1) is 7.59. The molecule has 16 heavy (non-hydrogen) atoms. The molecule has 1 aromatic rings. The molecule has 0 heterocycles. The van der Waals surface area contributed by atoms with Gasteiger partial charge in [0, 0.05) is 6.54 Å². The van der Waals surface area contributed by atoms with Crippen molar-refractivity contribution < 1.29 is 4.74 Å². The Balaban J connectivity index is 2.34. The smallest absolute Gasteiger partial charge is 0.133 e. The number of nitrogens with one attached hydrogen (secondary N) is 1. The Labute approximate surface area is 107 Å². The van der Waals surface area contributed by atoms with Gasteiger partial charge in [-0.05, 0) is 47.4 Å². The van der Waals surface area contributed by atoms with Crippen LogP contribution in [0.25, 0.3) is 0 Å². The van der Waals surface area contributed by atoms with Gasteiger partial charge in [-0.1, -0.05) is 26.0 Å². The Hall–Kier alpha value is -0.540. The number of benzene rings is 1. The molecule has 0 aliphatic carbocycles. The fraction of sp³-hybridized carbons (Fsp3) is 0.538. The van der Waals surface area contributed by atoms with E-state index in [0.717, 1.165) is 23.3 Å². The normalized spacial score (nSPS) is 12.8. The lowest BCUT2D eigenvalue weighted by molar-refractivity contribution is 0.214. The molecule has 3 heteroatoms. The largest absolute Gasteiger partial charge is 0.488 e. The number of para-hydroxylation sites is 1. The lowest BCUT2D eigenvalue weighted by Crippen LogP contribution is -2.31. The first kappa shape index (κ1) is 13.5. The maximum Gasteiger partial charge on any atom is 0.133 e. The summed E-state index contributed by atoms with van der Waals surface area (Å²) < 4.78 is 6.82. The Morgan fingerprint density at radius 1 is 1.19 bits per heavy atom. The van der Waals surface area contributed by atoms with Crippen LogP contribution in [0.2, 0.25) is 0 Å². The molecule has 0 saturated carbocycles. The predicted molar refractivity (Wildman–Crippen MR) is 71.9 cm³/mol. The number of rotatable bonds is 6. The molecular weight excluding hydrogens is 266 g/mol. The highest BCUT2D eigenvalue weighted by Gasteiger charge is 2.06. The molecule has 1 aromatic carbocycles. The minimum absolute atomic E-state index is 0.178. The van der Waals surface area contributed by atoms with Crippen LogP contribution in [0.1, 0.15) is 20.8 Å². The van der Waals surface area contributed by atoms with Crippen LogP contribution in [-0.4, -0.2) is 19.2 Å². The fourth-order valence-electron chi connectivity index (χ4n) is 1.37. The van der Waals surface area contributed by atoms with Gasteiger partial charge in [-0.25, -0.2) is 0 Å². The molecule has 0 saturated heterocycles. The van der Waals surface area contributed by atoms with Crippen molar-refractivity contribution in [1.82, 2.24) is 5.32 Å². The third kappa shape index (κ3) is 4.99. The summed E-state index contributed by atoms with van der Waals surface area (Å²) in [5.41, 5.74) is 0. The van der Waals surface area contributed by atoms with Crippen LogP contribution in [0.4, 0.5) is 0 Å². The monoisotopic (exact) mass is 285 g/mol. The molecule has 0 aliphatic heterocycles. The average molecular weight is 286 g/mol. The molecule has 0 bridgehead atoms. The fourth-order valence-corrected chi connectivity index (χ4v) is 1.75. The molecule has 0 spiro atoms. The quantitative estimate of drug-likeness (QED) is 0.864. The summed E-state index contributed by atoms with van der Waals surface area (Å²) in [6.07, 6.45) is 0.178. The van der Waals surface area contributed by atoms with Gasteiger partial charge in [0.2, 0.25) is 0 Å². The van der Waals surface area contributed by atoms with E-state index in [1.165, 1.54) is 0 Å². The summed E-state index contributed by atoms with van der Waals surface area (Å²) in [6.45, 7) is 8.38. The number of halogens is 1. The van der Waals surface area contributed by atoms with Gasteiger partial charge in [-0.15, -0.1) is 0 Å². The second-order valence-corrected chi connectivity index (χ2v) is 5.27. The van der Waals surface area contributed by atoms with Crippen LogP contribution < -0.4 is 10.1 Å². The third-order valence-electron chi connectivity index (χ3n) is 2.15. The van der Waals surface area contributed by atoms with E-state index in [4.69, 9.17) is 4.74 Å². The summed E-state index contributed by atoms with van der Waals surface area (Å²) in [5.74, 6) is 1.58. The number of hydrogen-bond acceptors (Lipinski definition) is 2. The van der Waals surface area contributed by atoms with Crippen molar-refractivity contribution >= 4 is 15.9 Å². The van der Waals surface area contributed by atoms with Gasteiger partial charge >= 0.3 is 0 Å². The van der Waals surface area contributed by atoms with Crippen molar-refractivity contribution in [2.75, 3.05) is 13.1 Å². The summed E-state index contributed by atoms with van der Waals surface area (Å²) in [6, 6.07) is 7.93. The molecule has 90 valence electrons. The molecule has 0 aromatic heterocycles. The first-order valence-corrected chi connectivity index (χ1v) is 6.50. The molecule has 1 N–H and O–H groups in total. The molecule has 0 aliphatic rings. The van der Waals surface area contributed by atoms with Crippen LogP contribution in [0.15, 0.2) is 28.7 Å². The standard InChI is InChI=1S/C13H20BrNO/c1-10(2)8-15-9-11(3)16-13-7-5-4-6-12(13)14/h4-7,10-11,15H,8-9H2,1-3H3. The average Bonchev–Trinajstić information content (AvgIpc) is 2.21. The van der Waals surface area contributed by atoms with Gasteiger partial charge in [0.05, 0.1) is 4.47 Å². The Bertz CT molecular complexity index is 315. The van der Waals surface area contributed by atoms with Crippen molar-refractivity contribution in [2.45, 2.75) is 26.9 Å². The molecule has 0 amide bonds. The van der Waals surface area contributed by atoms with Gasteiger partial charge in [-0.2, -0.15) is 0 Å². The maximum absolute atomic E-state index is 5.82. The molecule has 1 atom stereocenters. The molecule has 1 rings (SSSR count). The van der Waals surface area contributed by atoms with Crippen molar-refractivity contribution in [2.24, 2.45) is 5.92 Å². The highest BCUT2D eigenvalue weighted by Crippen LogP contribution is 2.24. The van der Waals surface area contributed by atoms with Crippen LogP contribution in [0.3, 0.4) is 0 Å². The van der Waals surface area contributed by atoms with E-state index in [2.05, 4.69) is 42.0 Å². The molecule has 2 nitrogen and oxygen atoms in total. The van der Waals surface area contributed by atoms with Gasteiger partial charge in [0.15, 0.2) is 0 Å². The van der Waals surface area contributed by atoms with E-state index in [-0.39, 0.29) is 6.10 Å². The van der Waals surface area contributed by atoms with Gasteiger partial charge in [-0.3, -0.25) is 0 Å². The number of ether oxygens (including phenoxy) is 1. The molecule has 1 unspecified atom stereocenters. The van der Waals surface area contributed by atoms with E-state index >= 15 is 0 Å². The Morgan fingerprint density at radius 2 is 1.88 bits per heavy atom. The maximum atomic E-state index is 5.82. The highest BCUT2D eigenvalue weighted by atomic mass is 79.9. The van der Waals surface area contributed by atoms with Crippen LogP contribution in [-0.2, 0) is 0 Å². The zero-order valence-electron chi connectivity index (χ0n) is 10.2. The lowest BCUT2D eigenvalue weighted by Gasteiger charge is -2.17. The minimum Gasteiger partial charge on any atom is -0.488 e. The summed E-state index contributed by atoms with van der Waals surface area (Å²) in [7, 11) is 0. The summed E-state index contributed by atoms with van der Waals surface area (Å²) in [5, 5.41) is 3.38.